The average molecular weight is 495 g/mol. The Balaban J connectivity index is 1.32. The van der Waals surface area contributed by atoms with Crippen molar-refractivity contribution in [1.82, 2.24) is 19.9 Å². The highest BCUT2D eigenvalue weighted by molar-refractivity contribution is 7.91. The van der Waals surface area contributed by atoms with Crippen LogP contribution in [-0.2, 0) is 16.3 Å². The molecule has 0 aliphatic heterocycles. The Morgan fingerprint density at radius 2 is 2.15 bits per heavy atom. The zero-order valence-corrected chi connectivity index (χ0v) is 19.7. The minimum absolute atomic E-state index is 0.00678. The number of hydrogen-bond acceptors (Lipinski definition) is 9. The fourth-order valence-electron chi connectivity index (χ4n) is 4.22. The minimum Gasteiger partial charge on any atom is -0.396 e. The summed E-state index contributed by atoms with van der Waals surface area (Å²) < 4.78 is 25.5. The number of aromatic amines is 1. The zero-order chi connectivity index (χ0) is 23.7. The van der Waals surface area contributed by atoms with Crippen molar-refractivity contribution in [3.63, 3.8) is 0 Å². The number of aliphatic hydroxyl groups is 1. The molecule has 0 bridgehead atoms. The lowest BCUT2D eigenvalue weighted by molar-refractivity contribution is 0.298. The van der Waals surface area contributed by atoms with Crippen LogP contribution in [0.3, 0.4) is 0 Å². The maximum atomic E-state index is 12.8. The molecular weight excluding hydrogens is 472 g/mol. The average Bonchev–Trinajstić information content (AvgIpc) is 3.47. The number of nitrogens with one attached hydrogen (secondary N) is 2. The van der Waals surface area contributed by atoms with Crippen molar-refractivity contribution in [2.24, 2.45) is 5.92 Å². The van der Waals surface area contributed by atoms with E-state index < -0.39 is 9.84 Å². The Bertz CT molecular complexity index is 1480. The number of sulfone groups is 1. The molecule has 0 aromatic carbocycles. The number of aromatic nitrogens is 4. The third kappa shape index (κ3) is 4.40. The van der Waals surface area contributed by atoms with Crippen LogP contribution in [0.1, 0.15) is 24.1 Å². The van der Waals surface area contributed by atoms with Gasteiger partial charge in [0.05, 0.1) is 34.3 Å². The van der Waals surface area contributed by atoms with Crippen LogP contribution in [0.25, 0.3) is 21.6 Å². The second-order valence-electron chi connectivity index (χ2n) is 8.36. The summed E-state index contributed by atoms with van der Waals surface area (Å²) in [5.41, 5.74) is 3.69. The Labute approximate surface area is 200 Å². The number of thiazole rings is 1. The Morgan fingerprint density at radius 3 is 2.94 bits per heavy atom. The third-order valence-electron chi connectivity index (χ3n) is 5.96. The predicted octanol–water partition coefficient (Wildman–Crippen LogP) is 3.15. The van der Waals surface area contributed by atoms with Gasteiger partial charge in [-0.25, -0.2) is 23.4 Å². The van der Waals surface area contributed by atoms with Crippen molar-refractivity contribution in [2.45, 2.75) is 30.3 Å². The maximum Gasteiger partial charge on any atom is 0.195 e. The first-order chi connectivity index (χ1) is 16.5. The van der Waals surface area contributed by atoms with Crippen molar-refractivity contribution < 1.29 is 13.5 Å². The summed E-state index contributed by atoms with van der Waals surface area (Å²) in [6.45, 7) is 0.0477. The van der Waals surface area contributed by atoms with Crippen LogP contribution < -0.4 is 5.32 Å². The van der Waals surface area contributed by atoms with E-state index in [9.17, 15) is 13.5 Å². The van der Waals surface area contributed by atoms with Crippen molar-refractivity contribution in [2.75, 3.05) is 17.7 Å². The molecule has 0 atom stereocenters. The molecular formula is C23H22N6O3S2. The largest absolute Gasteiger partial charge is 0.396 e. The number of nitriles is 1. The highest BCUT2D eigenvalue weighted by Gasteiger charge is 2.34. The van der Waals surface area contributed by atoms with E-state index in [-0.39, 0.29) is 34.9 Å². The summed E-state index contributed by atoms with van der Waals surface area (Å²) in [6.07, 6.45) is 6.90. The topological polar surface area (TPSA) is 145 Å². The van der Waals surface area contributed by atoms with Gasteiger partial charge in [0, 0.05) is 48.4 Å². The molecule has 3 N–H and O–H groups in total. The first-order valence-electron chi connectivity index (χ1n) is 10.8. The van der Waals surface area contributed by atoms with Crippen molar-refractivity contribution >= 4 is 37.9 Å². The number of pyridine rings is 2. The van der Waals surface area contributed by atoms with Crippen LogP contribution in [0.4, 0.5) is 5.69 Å². The lowest BCUT2D eigenvalue weighted by atomic mass is 9.81. The maximum absolute atomic E-state index is 12.8. The number of anilines is 1. The molecule has 4 heterocycles. The minimum atomic E-state index is -3.56. The van der Waals surface area contributed by atoms with E-state index >= 15 is 0 Å². The van der Waals surface area contributed by atoms with Gasteiger partial charge in [0.1, 0.15) is 10.7 Å². The van der Waals surface area contributed by atoms with Crippen LogP contribution in [0, 0.1) is 17.2 Å². The van der Waals surface area contributed by atoms with E-state index in [0.717, 1.165) is 33.0 Å². The van der Waals surface area contributed by atoms with Gasteiger partial charge in [0.2, 0.25) is 0 Å². The summed E-state index contributed by atoms with van der Waals surface area (Å²) >= 11 is 1.51. The highest BCUT2D eigenvalue weighted by Crippen LogP contribution is 2.39. The summed E-state index contributed by atoms with van der Waals surface area (Å²) in [5, 5.41) is 25.5. The monoisotopic (exact) mass is 494 g/mol. The van der Waals surface area contributed by atoms with Gasteiger partial charge in [-0.3, -0.25) is 0 Å². The summed E-state index contributed by atoms with van der Waals surface area (Å²) in [6, 6.07) is 6.86. The van der Waals surface area contributed by atoms with Crippen molar-refractivity contribution in [1.29, 1.82) is 5.26 Å². The molecule has 4 aromatic heterocycles. The van der Waals surface area contributed by atoms with Gasteiger partial charge in [0.25, 0.3) is 0 Å². The fourth-order valence-corrected chi connectivity index (χ4v) is 6.69. The molecule has 0 spiro atoms. The molecule has 0 radical (unpaired) electrons. The van der Waals surface area contributed by atoms with Gasteiger partial charge in [0.15, 0.2) is 14.9 Å². The molecule has 1 saturated carbocycles. The number of hydrogen-bond donors (Lipinski definition) is 3. The first-order valence-corrected chi connectivity index (χ1v) is 13.4. The molecule has 11 heteroatoms. The van der Waals surface area contributed by atoms with Gasteiger partial charge in [-0.15, -0.1) is 11.3 Å². The number of nitrogens with zero attached hydrogens (tertiary/aromatic N) is 4. The lowest BCUT2D eigenvalue weighted by Crippen LogP contribution is -2.39. The molecule has 4 aromatic rings. The van der Waals surface area contributed by atoms with Crippen LogP contribution >= 0.6 is 11.3 Å². The van der Waals surface area contributed by atoms with Crippen LogP contribution in [-0.4, -0.2) is 51.9 Å². The molecule has 1 aliphatic carbocycles. The van der Waals surface area contributed by atoms with Gasteiger partial charge >= 0.3 is 0 Å². The smallest absolute Gasteiger partial charge is 0.195 e. The molecule has 0 amide bonds. The zero-order valence-electron chi connectivity index (χ0n) is 18.1. The fraction of sp³-hybridized carbons (Fsp3) is 0.304. The highest BCUT2D eigenvalue weighted by atomic mass is 32.2. The van der Waals surface area contributed by atoms with Crippen LogP contribution in [0.15, 0.2) is 47.2 Å². The third-order valence-corrected chi connectivity index (χ3v) is 8.65. The van der Waals surface area contributed by atoms with Gasteiger partial charge in [-0.2, -0.15) is 5.26 Å². The Kier molecular flexibility index (Phi) is 6.03. The van der Waals surface area contributed by atoms with Crippen molar-refractivity contribution in [3.05, 3.63) is 53.4 Å². The van der Waals surface area contributed by atoms with Crippen LogP contribution in [0.5, 0.6) is 0 Å². The van der Waals surface area contributed by atoms with E-state index in [1.165, 1.54) is 29.7 Å². The number of fused-ring (bicyclic) bond motifs is 1. The predicted molar refractivity (Wildman–Crippen MR) is 129 cm³/mol. The quantitative estimate of drug-likeness (QED) is 0.339. The first kappa shape index (κ1) is 22.5. The molecule has 174 valence electrons. The Morgan fingerprint density at radius 1 is 1.29 bits per heavy atom. The second kappa shape index (κ2) is 9.13. The van der Waals surface area contributed by atoms with E-state index in [2.05, 4.69) is 25.3 Å². The molecule has 1 fully saturated rings. The molecule has 34 heavy (non-hydrogen) atoms. The molecule has 1 aliphatic rings. The second-order valence-corrected chi connectivity index (χ2v) is 11.2. The van der Waals surface area contributed by atoms with Gasteiger partial charge in [-0.1, -0.05) is 0 Å². The molecule has 9 nitrogen and oxygen atoms in total. The number of aliphatic hydroxyl groups excluding tert-OH is 1. The van der Waals surface area contributed by atoms with E-state index in [4.69, 9.17) is 5.26 Å². The number of H-pyrrole nitrogens is 1. The number of rotatable bonds is 8. The van der Waals surface area contributed by atoms with Crippen LogP contribution in [0.2, 0.25) is 0 Å². The van der Waals surface area contributed by atoms with Gasteiger partial charge < -0.3 is 15.4 Å². The molecule has 0 saturated heterocycles. The molecule has 5 rings (SSSR count). The Hall–Kier alpha value is -3.33. The summed E-state index contributed by atoms with van der Waals surface area (Å²) in [4.78, 5) is 16.2. The molecule has 0 unspecified atom stereocenters. The SMILES string of the molecule is N#Cc1ccnc(S(=O)(=O)CC2CC(Nc3c(-c4nc(CCO)cs4)cnc4[nH]ccc34)C2)c1. The van der Waals surface area contributed by atoms with Gasteiger partial charge in [-0.05, 0) is 37.0 Å². The lowest BCUT2D eigenvalue weighted by Gasteiger charge is -2.36. The summed E-state index contributed by atoms with van der Waals surface area (Å²) in [7, 11) is -3.56. The normalized spacial score (nSPS) is 17.9. The van der Waals surface area contributed by atoms with E-state index in [1.807, 2.05) is 23.7 Å². The van der Waals surface area contributed by atoms with E-state index in [0.29, 0.717) is 19.3 Å². The summed E-state index contributed by atoms with van der Waals surface area (Å²) in [5.74, 6) is 0.0189. The standard InChI is InChI=1S/C23H22N6O3S2/c24-10-14-1-4-25-20(9-14)34(31,32)13-15-7-17(8-15)28-21-18-2-5-26-22(18)27-11-19(21)23-29-16(3-6-30)12-33-23/h1-2,4-5,9,11-12,15,17,30H,3,6-8,13H2,(H2,26,27,28). The van der Waals surface area contributed by atoms with E-state index in [1.54, 1.807) is 6.20 Å². The van der Waals surface area contributed by atoms with Crippen molar-refractivity contribution in [3.8, 4) is 16.6 Å².